The fraction of sp³-hybridized carbons (Fsp3) is 0.364. The number of nitrogens with one attached hydrogen (secondary N) is 2. The molecule has 0 radical (unpaired) electrons. The number of sulfonamides is 1. The average molecular weight is 320 g/mol. The van der Waals surface area contributed by atoms with Crippen LogP contribution in [0.3, 0.4) is 0 Å². The summed E-state index contributed by atoms with van der Waals surface area (Å²) in [5.41, 5.74) is 1.74. The van der Waals surface area contributed by atoms with Crippen molar-refractivity contribution in [3.63, 3.8) is 0 Å². The minimum atomic E-state index is -3.12. The van der Waals surface area contributed by atoms with Crippen LogP contribution in [-0.2, 0) is 10.0 Å². The monoisotopic (exact) mass is 319 g/mol. The predicted molar refractivity (Wildman–Crippen MR) is 79.3 cm³/mol. The maximum atomic E-state index is 11.2. The second-order valence-corrected chi connectivity index (χ2v) is 7.49. The van der Waals surface area contributed by atoms with Gasteiger partial charge in [-0.1, -0.05) is 23.4 Å². The molecule has 0 spiro atoms. The molecule has 0 saturated carbocycles. The zero-order chi connectivity index (χ0) is 13.9. The summed E-state index contributed by atoms with van der Waals surface area (Å²) in [6.45, 7) is 0. The summed E-state index contributed by atoms with van der Waals surface area (Å²) in [7, 11) is -1.69. The molecule has 0 bridgehead atoms. The van der Waals surface area contributed by atoms with Gasteiger partial charge in [-0.2, -0.15) is 0 Å². The number of aromatic amines is 1. The first-order valence-corrected chi connectivity index (χ1v) is 8.71. The highest BCUT2D eigenvalue weighted by Crippen LogP contribution is 2.22. The molecule has 0 aliphatic rings. The lowest BCUT2D eigenvalue weighted by Crippen LogP contribution is -2.22. The Bertz CT molecular complexity index is 670. The van der Waals surface area contributed by atoms with Gasteiger partial charge in [-0.15, -0.1) is 0 Å². The van der Waals surface area contributed by atoms with Gasteiger partial charge in [0.1, 0.15) is 0 Å². The Hall–Kier alpha value is -0.760. The molecule has 1 aromatic carbocycles. The minimum Gasteiger partial charge on any atom is -0.333 e. The first kappa shape index (κ1) is 14.6. The standard InChI is InChI=1S/C11H14ClN3O2S2/c1-13-19(16,17)6-2-5-18-11-14-9-4-3-8(12)7-10(9)15-11/h3-4,7,13H,2,5-6H2,1H3,(H,14,15). The second-order valence-electron chi connectivity index (χ2n) is 3.93. The molecule has 0 unspecified atom stereocenters. The highest BCUT2D eigenvalue weighted by Gasteiger charge is 2.07. The Labute approximate surface area is 121 Å². The number of nitrogens with zero attached hydrogens (tertiary/aromatic N) is 1. The Morgan fingerprint density at radius 2 is 2.26 bits per heavy atom. The van der Waals surface area contributed by atoms with Gasteiger partial charge in [-0.3, -0.25) is 0 Å². The fourth-order valence-electron chi connectivity index (χ4n) is 1.55. The third-order valence-electron chi connectivity index (χ3n) is 2.53. The van der Waals surface area contributed by atoms with Crippen LogP contribution in [0.1, 0.15) is 6.42 Å². The molecule has 2 aromatic rings. The van der Waals surface area contributed by atoms with Gasteiger partial charge in [-0.05, 0) is 31.7 Å². The molecule has 0 saturated heterocycles. The Balaban J connectivity index is 1.92. The van der Waals surface area contributed by atoms with E-state index in [1.807, 2.05) is 12.1 Å². The molecule has 19 heavy (non-hydrogen) atoms. The number of H-pyrrole nitrogens is 1. The summed E-state index contributed by atoms with van der Waals surface area (Å²) < 4.78 is 24.8. The number of thioether (sulfide) groups is 1. The Morgan fingerprint density at radius 1 is 1.47 bits per heavy atom. The van der Waals surface area contributed by atoms with Gasteiger partial charge in [0.05, 0.1) is 16.8 Å². The van der Waals surface area contributed by atoms with Gasteiger partial charge >= 0.3 is 0 Å². The zero-order valence-electron chi connectivity index (χ0n) is 10.3. The molecular weight excluding hydrogens is 306 g/mol. The predicted octanol–water partition coefficient (Wildman–Crippen LogP) is 2.25. The largest absolute Gasteiger partial charge is 0.333 e. The van der Waals surface area contributed by atoms with Crippen molar-refractivity contribution in [2.45, 2.75) is 11.6 Å². The van der Waals surface area contributed by atoms with Crippen molar-refractivity contribution < 1.29 is 8.42 Å². The van der Waals surface area contributed by atoms with Crippen LogP contribution in [0.5, 0.6) is 0 Å². The van der Waals surface area contributed by atoms with Gasteiger partial charge in [-0.25, -0.2) is 18.1 Å². The molecule has 1 heterocycles. The van der Waals surface area contributed by atoms with E-state index in [1.54, 1.807) is 6.07 Å². The lowest BCUT2D eigenvalue weighted by Gasteiger charge is -2.00. The maximum Gasteiger partial charge on any atom is 0.211 e. The molecule has 104 valence electrons. The van der Waals surface area contributed by atoms with E-state index in [9.17, 15) is 8.42 Å². The van der Waals surface area contributed by atoms with Crippen LogP contribution in [0, 0.1) is 0 Å². The van der Waals surface area contributed by atoms with Crippen LogP contribution in [0.2, 0.25) is 5.02 Å². The van der Waals surface area contributed by atoms with E-state index in [-0.39, 0.29) is 5.75 Å². The van der Waals surface area contributed by atoms with Crippen molar-refractivity contribution in [2.24, 2.45) is 0 Å². The van der Waals surface area contributed by atoms with Gasteiger partial charge in [0.25, 0.3) is 0 Å². The van der Waals surface area contributed by atoms with Crippen molar-refractivity contribution in [1.29, 1.82) is 0 Å². The van der Waals surface area contributed by atoms with Crippen LogP contribution < -0.4 is 4.72 Å². The number of imidazole rings is 1. The first-order chi connectivity index (χ1) is 9.00. The van der Waals surface area contributed by atoms with Gasteiger partial charge in [0.2, 0.25) is 10.0 Å². The van der Waals surface area contributed by atoms with E-state index < -0.39 is 10.0 Å². The smallest absolute Gasteiger partial charge is 0.211 e. The average Bonchev–Trinajstić information content (AvgIpc) is 2.76. The zero-order valence-corrected chi connectivity index (χ0v) is 12.7. The van der Waals surface area contributed by atoms with Crippen LogP contribution >= 0.6 is 23.4 Å². The molecule has 0 aliphatic heterocycles. The topological polar surface area (TPSA) is 74.8 Å². The van der Waals surface area contributed by atoms with Crippen molar-refractivity contribution >= 4 is 44.4 Å². The van der Waals surface area contributed by atoms with Crippen LogP contribution in [0.25, 0.3) is 11.0 Å². The molecule has 0 fully saturated rings. The molecule has 8 heteroatoms. The summed E-state index contributed by atoms with van der Waals surface area (Å²) >= 11 is 7.39. The number of hydrogen-bond acceptors (Lipinski definition) is 4. The molecule has 2 rings (SSSR count). The van der Waals surface area contributed by atoms with E-state index in [1.165, 1.54) is 18.8 Å². The normalized spacial score (nSPS) is 12.1. The number of rotatable bonds is 6. The van der Waals surface area contributed by atoms with Crippen LogP contribution in [0.15, 0.2) is 23.4 Å². The lowest BCUT2D eigenvalue weighted by molar-refractivity contribution is 0.587. The quantitative estimate of drug-likeness (QED) is 0.632. The van der Waals surface area contributed by atoms with Crippen molar-refractivity contribution in [3.8, 4) is 0 Å². The molecule has 0 aliphatic carbocycles. The summed E-state index contributed by atoms with van der Waals surface area (Å²) in [4.78, 5) is 7.54. The SMILES string of the molecule is CNS(=O)(=O)CCCSc1nc2ccc(Cl)cc2[nH]1. The molecular formula is C11H14ClN3O2S2. The van der Waals surface area contributed by atoms with Gasteiger partial charge in [0.15, 0.2) is 5.16 Å². The number of hydrogen-bond donors (Lipinski definition) is 2. The summed E-state index contributed by atoms with van der Waals surface area (Å²) in [5, 5.41) is 1.44. The molecule has 1 aromatic heterocycles. The summed E-state index contributed by atoms with van der Waals surface area (Å²) in [6, 6.07) is 5.46. The number of aromatic nitrogens is 2. The highest BCUT2D eigenvalue weighted by atomic mass is 35.5. The Kier molecular flexibility index (Phi) is 4.72. The summed E-state index contributed by atoms with van der Waals surface area (Å²) in [5.74, 6) is 0.816. The van der Waals surface area contributed by atoms with Crippen LogP contribution in [-0.4, -0.2) is 36.9 Å². The second kappa shape index (κ2) is 6.13. The maximum absolute atomic E-state index is 11.2. The molecule has 2 N–H and O–H groups in total. The van der Waals surface area contributed by atoms with Gasteiger partial charge < -0.3 is 4.98 Å². The van der Waals surface area contributed by atoms with Gasteiger partial charge in [0, 0.05) is 10.8 Å². The number of benzene rings is 1. The van der Waals surface area contributed by atoms with Crippen LogP contribution in [0.4, 0.5) is 0 Å². The highest BCUT2D eigenvalue weighted by molar-refractivity contribution is 7.99. The lowest BCUT2D eigenvalue weighted by atomic mass is 10.3. The van der Waals surface area contributed by atoms with Crippen molar-refractivity contribution in [3.05, 3.63) is 23.2 Å². The molecule has 5 nitrogen and oxygen atoms in total. The molecule has 0 atom stereocenters. The van der Waals surface area contributed by atoms with E-state index in [0.29, 0.717) is 17.2 Å². The third-order valence-corrected chi connectivity index (χ3v) is 5.17. The van der Waals surface area contributed by atoms with E-state index in [2.05, 4.69) is 14.7 Å². The van der Waals surface area contributed by atoms with E-state index >= 15 is 0 Å². The van der Waals surface area contributed by atoms with E-state index in [0.717, 1.165) is 16.2 Å². The molecule has 0 amide bonds. The summed E-state index contributed by atoms with van der Waals surface area (Å²) in [6.07, 6.45) is 0.575. The first-order valence-electron chi connectivity index (χ1n) is 5.69. The number of halogens is 1. The van der Waals surface area contributed by atoms with E-state index in [4.69, 9.17) is 11.6 Å². The van der Waals surface area contributed by atoms with Crippen molar-refractivity contribution in [2.75, 3.05) is 18.6 Å². The minimum absolute atomic E-state index is 0.128. The van der Waals surface area contributed by atoms with Crippen molar-refractivity contribution in [1.82, 2.24) is 14.7 Å². The third kappa shape index (κ3) is 4.10. The Morgan fingerprint density at radius 3 is 3.00 bits per heavy atom. The number of fused-ring (bicyclic) bond motifs is 1. The fourth-order valence-corrected chi connectivity index (χ4v) is 3.46.